The first-order valence-electron chi connectivity index (χ1n) is 5.45. The van der Waals surface area contributed by atoms with E-state index in [4.69, 9.17) is 5.84 Å². The highest BCUT2D eigenvalue weighted by Gasteiger charge is 1.99. The Balaban J connectivity index is 2.67. The van der Waals surface area contributed by atoms with E-state index in [0.717, 1.165) is 0 Å². The summed E-state index contributed by atoms with van der Waals surface area (Å²) >= 11 is 0. The van der Waals surface area contributed by atoms with Gasteiger partial charge in [0.1, 0.15) is 0 Å². The predicted octanol–water partition coefficient (Wildman–Crippen LogP) is 1.31. The molecule has 16 heavy (non-hydrogen) atoms. The van der Waals surface area contributed by atoms with Gasteiger partial charge in [-0.15, -0.1) is 0 Å². The number of hydrazine groups is 1. The van der Waals surface area contributed by atoms with Crippen molar-refractivity contribution in [1.82, 2.24) is 10.7 Å². The monoisotopic (exact) mass is 220 g/mol. The van der Waals surface area contributed by atoms with Gasteiger partial charge in [0.15, 0.2) is 0 Å². The van der Waals surface area contributed by atoms with Crippen LogP contribution in [0.3, 0.4) is 0 Å². The van der Waals surface area contributed by atoms with Crippen LogP contribution in [0, 0.1) is 6.92 Å². The van der Waals surface area contributed by atoms with Crippen molar-refractivity contribution in [3.63, 3.8) is 0 Å². The van der Waals surface area contributed by atoms with E-state index in [-0.39, 0.29) is 0 Å². The summed E-state index contributed by atoms with van der Waals surface area (Å²) in [5, 5.41) is 3.13. The molecule has 0 heterocycles. The molecular weight excluding hydrogens is 200 g/mol. The van der Waals surface area contributed by atoms with Crippen molar-refractivity contribution in [1.29, 1.82) is 0 Å². The third-order valence-electron chi connectivity index (χ3n) is 2.23. The number of nitrogens with two attached hydrogens (primary N) is 1. The van der Waals surface area contributed by atoms with Crippen molar-refractivity contribution in [2.75, 3.05) is 0 Å². The molecule has 1 aromatic rings. The van der Waals surface area contributed by atoms with Gasteiger partial charge in [0.2, 0.25) is 5.96 Å². The first-order valence-corrected chi connectivity index (χ1v) is 5.45. The summed E-state index contributed by atoms with van der Waals surface area (Å²) in [4.78, 5) is 4.38. The van der Waals surface area contributed by atoms with Crippen LogP contribution in [-0.2, 0) is 6.54 Å². The van der Waals surface area contributed by atoms with Gasteiger partial charge >= 0.3 is 0 Å². The zero-order valence-corrected chi connectivity index (χ0v) is 10.1. The first-order chi connectivity index (χ1) is 7.63. The second-order valence-electron chi connectivity index (χ2n) is 4.03. The highest BCUT2D eigenvalue weighted by molar-refractivity contribution is 5.79. The Morgan fingerprint density at radius 1 is 1.38 bits per heavy atom. The SMILES string of the molecule is Cc1ccccc1CN=C(NN)NC(C)C. The summed E-state index contributed by atoms with van der Waals surface area (Å²) in [5.74, 6) is 6.00. The molecule has 0 radical (unpaired) electrons. The normalized spacial score (nSPS) is 11.7. The highest BCUT2D eigenvalue weighted by atomic mass is 15.3. The molecule has 0 aliphatic heterocycles. The van der Waals surface area contributed by atoms with Crippen molar-refractivity contribution in [2.24, 2.45) is 10.8 Å². The predicted molar refractivity (Wildman–Crippen MR) is 67.9 cm³/mol. The molecule has 0 unspecified atom stereocenters. The minimum Gasteiger partial charge on any atom is -0.353 e. The van der Waals surface area contributed by atoms with Crippen LogP contribution in [0.15, 0.2) is 29.3 Å². The van der Waals surface area contributed by atoms with Gasteiger partial charge in [0.05, 0.1) is 6.54 Å². The molecule has 0 atom stereocenters. The van der Waals surface area contributed by atoms with Gasteiger partial charge in [0, 0.05) is 6.04 Å². The Morgan fingerprint density at radius 3 is 2.62 bits per heavy atom. The fraction of sp³-hybridized carbons (Fsp3) is 0.417. The van der Waals surface area contributed by atoms with Crippen molar-refractivity contribution < 1.29 is 0 Å². The standard InChI is InChI=1S/C12H20N4/c1-9(2)15-12(16-13)14-8-11-7-5-4-6-10(11)3/h4-7,9H,8,13H2,1-3H3,(H2,14,15,16). The van der Waals surface area contributed by atoms with Crippen LogP contribution in [-0.4, -0.2) is 12.0 Å². The molecule has 0 bridgehead atoms. The number of hydrogen-bond acceptors (Lipinski definition) is 2. The lowest BCUT2D eigenvalue weighted by molar-refractivity contribution is 0.702. The van der Waals surface area contributed by atoms with Gasteiger partial charge < -0.3 is 5.32 Å². The van der Waals surface area contributed by atoms with Gasteiger partial charge in [0.25, 0.3) is 0 Å². The molecule has 0 saturated heterocycles. The van der Waals surface area contributed by atoms with E-state index in [1.165, 1.54) is 11.1 Å². The molecule has 1 rings (SSSR count). The maximum Gasteiger partial charge on any atom is 0.206 e. The zero-order valence-electron chi connectivity index (χ0n) is 10.1. The molecule has 4 heteroatoms. The lowest BCUT2D eigenvalue weighted by atomic mass is 10.1. The van der Waals surface area contributed by atoms with Gasteiger partial charge in [-0.3, -0.25) is 5.43 Å². The van der Waals surface area contributed by atoms with Crippen LogP contribution in [0.5, 0.6) is 0 Å². The maximum absolute atomic E-state index is 5.38. The summed E-state index contributed by atoms with van der Waals surface area (Å²) in [6, 6.07) is 8.51. The van der Waals surface area contributed by atoms with Gasteiger partial charge in [-0.2, -0.15) is 0 Å². The Labute approximate surface area is 96.9 Å². The molecule has 0 amide bonds. The number of guanidine groups is 1. The molecule has 0 spiro atoms. The van der Waals surface area contributed by atoms with Crippen LogP contribution in [0.2, 0.25) is 0 Å². The molecule has 4 nitrogen and oxygen atoms in total. The molecule has 0 fully saturated rings. The van der Waals surface area contributed by atoms with E-state index >= 15 is 0 Å². The van der Waals surface area contributed by atoms with Crippen molar-refractivity contribution in [3.05, 3.63) is 35.4 Å². The fourth-order valence-corrected chi connectivity index (χ4v) is 1.36. The average Bonchev–Trinajstić information content (AvgIpc) is 2.25. The zero-order chi connectivity index (χ0) is 12.0. The van der Waals surface area contributed by atoms with Crippen molar-refractivity contribution >= 4 is 5.96 Å². The van der Waals surface area contributed by atoms with Crippen LogP contribution < -0.4 is 16.6 Å². The second kappa shape index (κ2) is 6.12. The molecule has 0 aliphatic carbocycles. The van der Waals surface area contributed by atoms with E-state index in [9.17, 15) is 0 Å². The average molecular weight is 220 g/mol. The number of nitrogens with zero attached hydrogens (tertiary/aromatic N) is 1. The van der Waals surface area contributed by atoms with Crippen LogP contribution in [0.1, 0.15) is 25.0 Å². The summed E-state index contributed by atoms with van der Waals surface area (Å²) in [6.45, 7) is 6.80. The molecule has 0 saturated carbocycles. The summed E-state index contributed by atoms with van der Waals surface area (Å²) < 4.78 is 0. The van der Waals surface area contributed by atoms with Crippen LogP contribution >= 0.6 is 0 Å². The number of nitrogens with one attached hydrogen (secondary N) is 2. The fourth-order valence-electron chi connectivity index (χ4n) is 1.36. The minimum atomic E-state index is 0.312. The van der Waals surface area contributed by atoms with E-state index in [1.807, 2.05) is 26.0 Å². The van der Waals surface area contributed by atoms with E-state index < -0.39 is 0 Å². The number of aliphatic imine (C=N–C) groups is 1. The third-order valence-corrected chi connectivity index (χ3v) is 2.23. The number of aryl methyl sites for hydroxylation is 1. The molecule has 1 aromatic carbocycles. The van der Waals surface area contributed by atoms with Crippen molar-refractivity contribution in [3.8, 4) is 0 Å². The Hall–Kier alpha value is -1.55. The number of rotatable bonds is 3. The van der Waals surface area contributed by atoms with Gasteiger partial charge in [-0.05, 0) is 31.9 Å². The molecule has 0 aromatic heterocycles. The number of hydrogen-bond donors (Lipinski definition) is 3. The molecule has 0 aliphatic rings. The minimum absolute atomic E-state index is 0.312. The van der Waals surface area contributed by atoms with Gasteiger partial charge in [-0.1, -0.05) is 24.3 Å². The summed E-state index contributed by atoms with van der Waals surface area (Å²) in [5.41, 5.74) is 5.01. The lowest BCUT2D eigenvalue weighted by Gasteiger charge is -2.12. The first kappa shape index (κ1) is 12.5. The highest BCUT2D eigenvalue weighted by Crippen LogP contribution is 2.07. The summed E-state index contributed by atoms with van der Waals surface area (Å²) in [7, 11) is 0. The Kier molecular flexibility index (Phi) is 4.79. The van der Waals surface area contributed by atoms with Crippen LogP contribution in [0.4, 0.5) is 0 Å². The van der Waals surface area contributed by atoms with E-state index in [2.05, 4.69) is 34.8 Å². The smallest absolute Gasteiger partial charge is 0.206 e. The second-order valence-corrected chi connectivity index (χ2v) is 4.03. The Bertz CT molecular complexity index is 358. The van der Waals surface area contributed by atoms with E-state index in [1.54, 1.807) is 0 Å². The number of benzene rings is 1. The topological polar surface area (TPSA) is 62.4 Å². The van der Waals surface area contributed by atoms with Crippen LogP contribution in [0.25, 0.3) is 0 Å². The lowest BCUT2D eigenvalue weighted by Crippen LogP contribution is -2.44. The third kappa shape index (κ3) is 3.90. The molecule has 88 valence electrons. The Morgan fingerprint density at radius 2 is 2.06 bits per heavy atom. The van der Waals surface area contributed by atoms with Gasteiger partial charge in [-0.25, -0.2) is 10.8 Å². The quantitative estimate of drug-likeness (QED) is 0.311. The molecule has 4 N–H and O–H groups in total. The maximum atomic E-state index is 5.38. The van der Waals surface area contributed by atoms with E-state index in [0.29, 0.717) is 18.5 Å². The van der Waals surface area contributed by atoms with Crippen molar-refractivity contribution in [2.45, 2.75) is 33.4 Å². The summed E-state index contributed by atoms with van der Waals surface area (Å²) in [6.07, 6.45) is 0. The molecular formula is C12H20N4. The largest absolute Gasteiger partial charge is 0.353 e.